The first kappa shape index (κ1) is 15.8. The number of carbonyl (C=O) groups excluding carboxylic acids is 2. The minimum Gasteiger partial charge on any atom is -0.504 e. The normalized spacial score (nSPS) is 11.7. The molecule has 2 amide bonds. The lowest BCUT2D eigenvalue weighted by Crippen LogP contribution is -2.26. The minimum absolute atomic E-state index is 0.0534. The summed E-state index contributed by atoms with van der Waals surface area (Å²) in [6.45, 7) is 2.13. The van der Waals surface area contributed by atoms with Crippen molar-refractivity contribution in [1.82, 2.24) is 5.32 Å². The average Bonchev–Trinajstić information content (AvgIpc) is 2.36. The molecule has 0 spiro atoms. The molecule has 1 rings (SSSR count). The van der Waals surface area contributed by atoms with Crippen LogP contribution in [0.15, 0.2) is 18.2 Å². The molecule has 0 bridgehead atoms. The number of benzene rings is 1. The molecule has 20 heavy (non-hydrogen) atoms. The molecule has 1 atom stereocenters. The second kappa shape index (κ2) is 7.37. The van der Waals surface area contributed by atoms with Gasteiger partial charge in [-0.15, -0.1) is 0 Å². The second-order valence-corrected chi connectivity index (χ2v) is 4.76. The first-order valence-corrected chi connectivity index (χ1v) is 6.33. The molecule has 1 aromatic rings. The Morgan fingerprint density at radius 3 is 2.70 bits per heavy atom. The van der Waals surface area contributed by atoms with Gasteiger partial charge in [-0.25, -0.2) is 0 Å². The van der Waals surface area contributed by atoms with Crippen LogP contribution in [0.1, 0.15) is 25.3 Å². The smallest absolute Gasteiger partial charge is 0.220 e. The number of primary amides is 1. The average molecular weight is 280 g/mol. The van der Waals surface area contributed by atoms with E-state index in [4.69, 9.17) is 10.5 Å². The fourth-order valence-corrected chi connectivity index (χ4v) is 1.84. The van der Waals surface area contributed by atoms with Crippen molar-refractivity contribution < 1.29 is 19.4 Å². The van der Waals surface area contributed by atoms with Crippen molar-refractivity contribution in [3.05, 3.63) is 23.8 Å². The quantitative estimate of drug-likeness (QED) is 0.691. The maximum Gasteiger partial charge on any atom is 0.220 e. The Hall–Kier alpha value is -2.24. The molecule has 6 nitrogen and oxygen atoms in total. The first-order chi connectivity index (χ1) is 9.42. The summed E-state index contributed by atoms with van der Waals surface area (Å²) in [6, 6.07) is 4.86. The minimum atomic E-state index is -0.409. The summed E-state index contributed by atoms with van der Waals surface area (Å²) in [5, 5.41) is 12.2. The van der Waals surface area contributed by atoms with Gasteiger partial charge in [0.2, 0.25) is 11.8 Å². The van der Waals surface area contributed by atoms with E-state index in [-0.39, 0.29) is 30.4 Å². The number of nitrogens with two attached hydrogens (primary N) is 1. The number of phenolic OH excluding ortho intramolecular Hbond substituents is 1. The molecule has 110 valence electrons. The van der Waals surface area contributed by atoms with E-state index in [2.05, 4.69) is 5.32 Å². The summed E-state index contributed by atoms with van der Waals surface area (Å²) in [4.78, 5) is 22.4. The van der Waals surface area contributed by atoms with Crippen molar-refractivity contribution in [3.8, 4) is 11.5 Å². The Morgan fingerprint density at radius 2 is 2.10 bits per heavy atom. The zero-order valence-electron chi connectivity index (χ0n) is 11.7. The first-order valence-electron chi connectivity index (χ1n) is 6.33. The van der Waals surface area contributed by atoms with E-state index in [0.29, 0.717) is 12.3 Å². The van der Waals surface area contributed by atoms with Gasteiger partial charge in [0.25, 0.3) is 0 Å². The molecular formula is C14H20N2O4. The zero-order valence-corrected chi connectivity index (χ0v) is 11.7. The monoisotopic (exact) mass is 280 g/mol. The highest BCUT2D eigenvalue weighted by Gasteiger charge is 2.11. The van der Waals surface area contributed by atoms with Crippen LogP contribution in [0.4, 0.5) is 0 Å². The van der Waals surface area contributed by atoms with Gasteiger partial charge in [0.15, 0.2) is 11.5 Å². The van der Waals surface area contributed by atoms with Gasteiger partial charge >= 0.3 is 0 Å². The zero-order chi connectivity index (χ0) is 15.1. The molecule has 0 fully saturated rings. The van der Waals surface area contributed by atoms with Gasteiger partial charge in [0, 0.05) is 19.4 Å². The molecule has 0 aromatic heterocycles. The van der Waals surface area contributed by atoms with Gasteiger partial charge < -0.3 is 20.9 Å². The fourth-order valence-electron chi connectivity index (χ4n) is 1.84. The predicted octanol–water partition coefficient (Wildman–Crippen LogP) is 0.919. The summed E-state index contributed by atoms with van der Waals surface area (Å²) in [7, 11) is 1.46. The molecule has 0 heterocycles. The Labute approximate surface area is 117 Å². The molecule has 0 saturated carbocycles. The molecule has 0 aliphatic rings. The SMILES string of the molecule is COc1cc(CNC(=O)C[C@H](C)CC(N)=O)ccc1O. The predicted molar refractivity (Wildman–Crippen MR) is 74.1 cm³/mol. The van der Waals surface area contributed by atoms with Gasteiger partial charge in [-0.05, 0) is 23.6 Å². The standard InChI is InChI=1S/C14H20N2O4/c1-9(5-13(15)18)6-14(19)16-8-10-3-4-11(17)12(7-10)20-2/h3-4,7,9,17H,5-6,8H2,1-2H3,(H2,15,18)(H,16,19)/t9-/m1/s1. The third kappa shape index (κ3) is 5.17. The third-order valence-electron chi connectivity index (χ3n) is 2.82. The number of carbonyl (C=O) groups is 2. The number of phenols is 1. The van der Waals surface area contributed by atoms with Crippen molar-refractivity contribution in [2.24, 2.45) is 11.7 Å². The second-order valence-electron chi connectivity index (χ2n) is 4.76. The van der Waals surface area contributed by atoms with Crippen LogP contribution in [0.25, 0.3) is 0 Å². The van der Waals surface area contributed by atoms with Crippen LogP contribution < -0.4 is 15.8 Å². The van der Waals surface area contributed by atoms with Crippen molar-refractivity contribution in [2.45, 2.75) is 26.3 Å². The van der Waals surface area contributed by atoms with Gasteiger partial charge in [-0.3, -0.25) is 9.59 Å². The topological polar surface area (TPSA) is 102 Å². The molecule has 0 radical (unpaired) electrons. The number of aromatic hydroxyl groups is 1. The highest BCUT2D eigenvalue weighted by atomic mass is 16.5. The third-order valence-corrected chi connectivity index (χ3v) is 2.82. The van der Waals surface area contributed by atoms with Crippen LogP contribution in [0.5, 0.6) is 11.5 Å². The maximum atomic E-state index is 11.7. The Kier molecular flexibility index (Phi) is 5.83. The van der Waals surface area contributed by atoms with Crippen LogP contribution in [0.2, 0.25) is 0 Å². The van der Waals surface area contributed by atoms with Gasteiger partial charge in [-0.2, -0.15) is 0 Å². The Bertz CT molecular complexity index is 488. The molecule has 4 N–H and O–H groups in total. The summed E-state index contributed by atoms with van der Waals surface area (Å²) in [5.74, 6) is -0.224. The van der Waals surface area contributed by atoms with Crippen LogP contribution >= 0.6 is 0 Å². The van der Waals surface area contributed by atoms with Crippen molar-refractivity contribution in [2.75, 3.05) is 7.11 Å². The van der Waals surface area contributed by atoms with E-state index in [1.54, 1.807) is 19.1 Å². The van der Waals surface area contributed by atoms with E-state index in [0.717, 1.165) is 5.56 Å². The van der Waals surface area contributed by atoms with Gasteiger partial charge in [-0.1, -0.05) is 13.0 Å². The van der Waals surface area contributed by atoms with Crippen LogP contribution in [0, 0.1) is 5.92 Å². The summed E-state index contributed by atoms with van der Waals surface area (Å²) in [6.07, 6.45) is 0.443. The number of ether oxygens (including phenoxy) is 1. The molecule has 0 aliphatic heterocycles. The molecular weight excluding hydrogens is 260 g/mol. The lowest BCUT2D eigenvalue weighted by molar-refractivity contribution is -0.122. The summed E-state index contributed by atoms with van der Waals surface area (Å²) >= 11 is 0. The Morgan fingerprint density at radius 1 is 1.40 bits per heavy atom. The van der Waals surface area contributed by atoms with E-state index in [9.17, 15) is 14.7 Å². The van der Waals surface area contributed by atoms with E-state index in [1.807, 2.05) is 0 Å². The van der Waals surface area contributed by atoms with Crippen molar-refractivity contribution in [3.63, 3.8) is 0 Å². The maximum absolute atomic E-state index is 11.7. The van der Waals surface area contributed by atoms with Crippen molar-refractivity contribution in [1.29, 1.82) is 0 Å². The lowest BCUT2D eigenvalue weighted by Gasteiger charge is -2.11. The number of amides is 2. The molecule has 0 aliphatic carbocycles. The van der Waals surface area contributed by atoms with Crippen LogP contribution in [0.3, 0.4) is 0 Å². The Balaban J connectivity index is 2.46. The summed E-state index contributed by atoms with van der Waals surface area (Å²) in [5.41, 5.74) is 5.89. The fraction of sp³-hybridized carbons (Fsp3) is 0.429. The van der Waals surface area contributed by atoms with Crippen LogP contribution in [-0.4, -0.2) is 24.0 Å². The number of hydrogen-bond donors (Lipinski definition) is 3. The number of rotatable bonds is 7. The van der Waals surface area contributed by atoms with E-state index in [1.165, 1.54) is 13.2 Å². The molecule has 1 aromatic carbocycles. The van der Waals surface area contributed by atoms with Crippen molar-refractivity contribution >= 4 is 11.8 Å². The highest BCUT2D eigenvalue weighted by Crippen LogP contribution is 2.26. The van der Waals surface area contributed by atoms with Crippen LogP contribution in [-0.2, 0) is 16.1 Å². The van der Waals surface area contributed by atoms with Gasteiger partial charge in [0.05, 0.1) is 7.11 Å². The molecule has 6 heteroatoms. The van der Waals surface area contributed by atoms with Gasteiger partial charge in [0.1, 0.15) is 0 Å². The largest absolute Gasteiger partial charge is 0.504 e. The lowest BCUT2D eigenvalue weighted by atomic mass is 10.0. The van der Waals surface area contributed by atoms with E-state index >= 15 is 0 Å². The molecule has 0 saturated heterocycles. The molecule has 0 unspecified atom stereocenters. The number of methoxy groups -OCH3 is 1. The number of hydrogen-bond acceptors (Lipinski definition) is 4. The van der Waals surface area contributed by atoms with E-state index < -0.39 is 5.91 Å². The summed E-state index contributed by atoms with van der Waals surface area (Å²) < 4.78 is 4.99. The number of nitrogens with one attached hydrogen (secondary N) is 1. The highest BCUT2D eigenvalue weighted by molar-refractivity contribution is 5.78.